The van der Waals surface area contributed by atoms with Gasteiger partial charge >= 0.3 is 24.2 Å². The van der Waals surface area contributed by atoms with Crippen LogP contribution in [0, 0.1) is 0 Å². The molecule has 0 aromatic heterocycles. The number of benzene rings is 1. The van der Waals surface area contributed by atoms with Gasteiger partial charge in [-0.15, -0.1) is 0 Å². The van der Waals surface area contributed by atoms with Crippen LogP contribution in [-0.2, 0) is 39.9 Å². The molecule has 0 fully saturated rings. The summed E-state index contributed by atoms with van der Waals surface area (Å²) in [5, 5.41) is 2.30. The molecule has 0 aliphatic carbocycles. The van der Waals surface area contributed by atoms with Gasteiger partial charge in [0.25, 0.3) is 0 Å². The van der Waals surface area contributed by atoms with E-state index in [1.807, 2.05) is 6.07 Å². The van der Waals surface area contributed by atoms with Gasteiger partial charge in [0.2, 0.25) is 6.79 Å². The molecule has 1 unspecified atom stereocenters. The summed E-state index contributed by atoms with van der Waals surface area (Å²) < 4.78 is 24.4. The van der Waals surface area contributed by atoms with Crippen molar-refractivity contribution in [1.29, 1.82) is 0 Å². The van der Waals surface area contributed by atoms with Gasteiger partial charge in [0.1, 0.15) is 18.2 Å². The van der Waals surface area contributed by atoms with E-state index in [0.717, 1.165) is 5.56 Å². The number of ether oxygens (including phenoxy) is 5. The number of hydrogen-bond donors (Lipinski definition) is 1. The summed E-state index contributed by atoms with van der Waals surface area (Å²) in [4.78, 5) is 47.8. The zero-order chi connectivity index (χ0) is 23.4. The van der Waals surface area contributed by atoms with E-state index in [1.165, 1.54) is 0 Å². The molecular weight excluding hydrogens is 410 g/mol. The molecule has 1 rings (SSSR count). The lowest BCUT2D eigenvalue weighted by Crippen LogP contribution is -2.45. The van der Waals surface area contributed by atoms with E-state index in [0.29, 0.717) is 0 Å². The Bertz CT molecular complexity index is 741. The summed E-state index contributed by atoms with van der Waals surface area (Å²) in [6.45, 7) is 7.45. The van der Waals surface area contributed by atoms with Crippen molar-refractivity contribution in [1.82, 2.24) is 5.32 Å². The first kappa shape index (κ1) is 25.7. The molecule has 0 bridgehead atoms. The minimum absolute atomic E-state index is 0.0502. The predicted molar refractivity (Wildman–Crippen MR) is 108 cm³/mol. The van der Waals surface area contributed by atoms with Crippen LogP contribution in [0.25, 0.3) is 0 Å². The topological polar surface area (TPSA) is 126 Å². The summed E-state index contributed by atoms with van der Waals surface area (Å²) in [7, 11) is 0. The first-order chi connectivity index (χ1) is 14.5. The molecule has 1 N–H and O–H groups in total. The molecule has 0 aliphatic heterocycles. The van der Waals surface area contributed by atoms with Gasteiger partial charge in [-0.1, -0.05) is 30.3 Å². The molecule has 10 heteroatoms. The summed E-state index contributed by atoms with van der Waals surface area (Å²) >= 11 is 0. The summed E-state index contributed by atoms with van der Waals surface area (Å²) in [5.41, 5.74) is -0.0836. The van der Waals surface area contributed by atoms with Crippen molar-refractivity contribution in [3.8, 4) is 0 Å². The molecule has 0 radical (unpaired) electrons. The van der Waals surface area contributed by atoms with Crippen LogP contribution < -0.4 is 5.32 Å². The van der Waals surface area contributed by atoms with Crippen molar-refractivity contribution in [2.75, 3.05) is 6.79 Å². The highest BCUT2D eigenvalue weighted by Gasteiger charge is 2.28. The van der Waals surface area contributed by atoms with Gasteiger partial charge in [-0.05, 0) is 40.2 Å². The summed E-state index contributed by atoms with van der Waals surface area (Å²) in [6, 6.07) is 7.51. The molecule has 0 saturated heterocycles. The van der Waals surface area contributed by atoms with Gasteiger partial charge in [-0.3, -0.25) is 4.79 Å². The van der Waals surface area contributed by atoms with E-state index in [4.69, 9.17) is 18.9 Å². The Kier molecular flexibility index (Phi) is 10.3. The number of nitrogens with one attached hydrogen (secondary N) is 1. The standard InChI is InChI=1S/C21H29NO9/c1-14(2)30-20(26)29-13-28-17(23)11-16(22-19(25)31-21(3,4)5)18(24)27-12-15-9-7-6-8-10-15/h6-10,14,16H,11-13H2,1-5H3,(H,22,25). The van der Waals surface area contributed by atoms with Crippen LogP contribution in [0.15, 0.2) is 30.3 Å². The predicted octanol–water partition coefficient (Wildman–Crippen LogP) is 3.08. The van der Waals surface area contributed by atoms with Gasteiger partial charge in [0, 0.05) is 0 Å². The number of hydrogen-bond acceptors (Lipinski definition) is 9. The Labute approximate surface area is 181 Å². The average molecular weight is 439 g/mol. The Morgan fingerprint density at radius 1 is 0.968 bits per heavy atom. The normalized spacial score (nSPS) is 11.8. The monoisotopic (exact) mass is 439 g/mol. The molecule has 0 aliphatic rings. The maximum absolute atomic E-state index is 12.5. The van der Waals surface area contributed by atoms with Crippen LogP contribution in [0.1, 0.15) is 46.6 Å². The smallest absolute Gasteiger partial charge is 0.459 e. The number of alkyl carbamates (subject to hydrolysis) is 1. The number of carbonyl (C=O) groups is 4. The van der Waals surface area contributed by atoms with Gasteiger partial charge in [-0.25, -0.2) is 14.4 Å². The van der Waals surface area contributed by atoms with Crippen LogP contribution in [0.4, 0.5) is 9.59 Å². The van der Waals surface area contributed by atoms with E-state index in [-0.39, 0.29) is 6.61 Å². The molecule has 1 aromatic rings. The molecule has 1 amide bonds. The quantitative estimate of drug-likeness (QED) is 0.351. The molecule has 31 heavy (non-hydrogen) atoms. The van der Waals surface area contributed by atoms with Crippen LogP contribution in [0.2, 0.25) is 0 Å². The van der Waals surface area contributed by atoms with E-state index >= 15 is 0 Å². The summed E-state index contributed by atoms with van der Waals surface area (Å²) in [6.07, 6.45) is -2.87. The molecule has 0 saturated carbocycles. The van der Waals surface area contributed by atoms with Crippen LogP contribution >= 0.6 is 0 Å². The number of carbonyl (C=O) groups excluding carboxylic acids is 4. The van der Waals surface area contributed by atoms with Crippen molar-refractivity contribution in [3.63, 3.8) is 0 Å². The Balaban J connectivity index is 2.65. The fourth-order valence-electron chi connectivity index (χ4n) is 2.07. The third kappa shape index (κ3) is 12.1. The number of amides is 1. The first-order valence-electron chi connectivity index (χ1n) is 9.65. The van der Waals surface area contributed by atoms with Crippen molar-refractivity contribution in [3.05, 3.63) is 35.9 Å². The second-order valence-electron chi connectivity index (χ2n) is 7.69. The molecule has 172 valence electrons. The Morgan fingerprint density at radius 2 is 1.61 bits per heavy atom. The van der Waals surface area contributed by atoms with Crippen molar-refractivity contribution in [2.45, 2.75) is 65.4 Å². The first-order valence-corrected chi connectivity index (χ1v) is 9.65. The lowest BCUT2D eigenvalue weighted by molar-refractivity contribution is -0.159. The SMILES string of the molecule is CC(C)OC(=O)OCOC(=O)CC(NC(=O)OC(C)(C)C)C(=O)OCc1ccccc1. The Morgan fingerprint density at radius 3 is 2.19 bits per heavy atom. The molecule has 10 nitrogen and oxygen atoms in total. The minimum atomic E-state index is -1.37. The number of esters is 2. The highest BCUT2D eigenvalue weighted by atomic mass is 16.8. The van der Waals surface area contributed by atoms with Crippen molar-refractivity contribution in [2.24, 2.45) is 0 Å². The van der Waals surface area contributed by atoms with Crippen LogP contribution in [-0.4, -0.2) is 48.7 Å². The maximum atomic E-state index is 12.5. The average Bonchev–Trinajstić information content (AvgIpc) is 2.64. The fraction of sp³-hybridized carbons (Fsp3) is 0.524. The van der Waals surface area contributed by atoms with E-state index in [2.05, 4.69) is 10.1 Å². The van der Waals surface area contributed by atoms with Crippen molar-refractivity contribution >= 4 is 24.2 Å². The van der Waals surface area contributed by atoms with E-state index < -0.39 is 55.1 Å². The molecule has 0 heterocycles. The van der Waals surface area contributed by atoms with Crippen LogP contribution in [0.3, 0.4) is 0 Å². The molecular formula is C21H29NO9. The highest BCUT2D eigenvalue weighted by Crippen LogP contribution is 2.09. The minimum Gasteiger partial charge on any atom is -0.459 e. The highest BCUT2D eigenvalue weighted by molar-refractivity contribution is 5.86. The van der Waals surface area contributed by atoms with Gasteiger partial charge in [0.15, 0.2) is 0 Å². The van der Waals surface area contributed by atoms with Gasteiger partial charge < -0.3 is 29.0 Å². The number of rotatable bonds is 9. The van der Waals surface area contributed by atoms with Gasteiger partial charge in [0.05, 0.1) is 12.5 Å². The van der Waals surface area contributed by atoms with Gasteiger partial charge in [-0.2, -0.15) is 0 Å². The van der Waals surface area contributed by atoms with Crippen molar-refractivity contribution < 1.29 is 42.9 Å². The maximum Gasteiger partial charge on any atom is 0.511 e. The molecule has 1 aromatic carbocycles. The Hall–Kier alpha value is -3.30. The fourth-order valence-corrected chi connectivity index (χ4v) is 2.07. The van der Waals surface area contributed by atoms with E-state index in [1.54, 1.807) is 58.9 Å². The lowest BCUT2D eigenvalue weighted by Gasteiger charge is -2.22. The second-order valence-corrected chi connectivity index (χ2v) is 7.69. The zero-order valence-electron chi connectivity index (χ0n) is 18.3. The van der Waals surface area contributed by atoms with E-state index in [9.17, 15) is 19.2 Å². The largest absolute Gasteiger partial charge is 0.511 e. The van der Waals surface area contributed by atoms with Crippen LogP contribution in [0.5, 0.6) is 0 Å². The summed E-state index contributed by atoms with van der Waals surface area (Å²) in [5.74, 6) is -1.76. The second kappa shape index (κ2) is 12.4. The molecule has 1 atom stereocenters. The zero-order valence-corrected chi connectivity index (χ0v) is 18.3. The third-order valence-electron chi connectivity index (χ3n) is 3.30. The molecule has 0 spiro atoms. The lowest BCUT2D eigenvalue weighted by atomic mass is 10.2. The third-order valence-corrected chi connectivity index (χ3v) is 3.30.